The molecule has 3 rings (SSSR count). The minimum atomic E-state index is -0.586. The predicted octanol–water partition coefficient (Wildman–Crippen LogP) is 2.79. The van der Waals surface area contributed by atoms with Crippen LogP contribution in [0, 0.1) is 0 Å². The van der Waals surface area contributed by atoms with E-state index in [1.807, 2.05) is 0 Å². The van der Waals surface area contributed by atoms with Crippen LogP contribution in [0.25, 0.3) is 0 Å². The third kappa shape index (κ3) is 6.62. The molecule has 0 aromatic heterocycles. The number of halogens is 2. The van der Waals surface area contributed by atoms with E-state index in [0.29, 0.717) is 33.5 Å². The van der Waals surface area contributed by atoms with Crippen LogP contribution < -0.4 is 21.1 Å². The number of thioether (sulfide) groups is 1. The first-order valence-electron chi connectivity index (χ1n) is 9.67. The summed E-state index contributed by atoms with van der Waals surface area (Å²) in [5, 5.41) is 3.44. The molecule has 0 radical (unpaired) electrons. The Morgan fingerprint density at radius 1 is 1.00 bits per heavy atom. The number of hydrogen-bond acceptors (Lipinski definition) is 5. The van der Waals surface area contributed by atoms with Crippen molar-refractivity contribution in [1.82, 2.24) is 16.2 Å². The number of hydrogen-bond donors (Lipinski definition) is 3. The van der Waals surface area contributed by atoms with Gasteiger partial charge in [-0.1, -0.05) is 23.2 Å². The third-order valence-electron chi connectivity index (χ3n) is 4.52. The molecule has 0 saturated carbocycles. The molecule has 0 bridgehead atoms. The molecule has 11 heteroatoms. The quantitative estimate of drug-likeness (QED) is 0.405. The molecule has 1 aliphatic rings. The van der Waals surface area contributed by atoms with Crippen LogP contribution in [-0.2, 0) is 14.4 Å². The van der Waals surface area contributed by atoms with Gasteiger partial charge in [-0.3, -0.25) is 30.0 Å². The molecule has 1 fully saturated rings. The Morgan fingerprint density at radius 2 is 1.72 bits per heavy atom. The van der Waals surface area contributed by atoms with E-state index in [1.54, 1.807) is 47.4 Å². The molecule has 0 spiro atoms. The van der Waals surface area contributed by atoms with Gasteiger partial charge in [0.25, 0.3) is 11.8 Å². The van der Waals surface area contributed by atoms with Crippen LogP contribution in [0.15, 0.2) is 47.4 Å². The average molecular weight is 495 g/mol. The summed E-state index contributed by atoms with van der Waals surface area (Å²) in [7, 11) is 0. The molecule has 0 unspecified atom stereocenters. The Labute approximate surface area is 199 Å². The van der Waals surface area contributed by atoms with Crippen molar-refractivity contribution in [3.05, 3.63) is 58.1 Å². The molecular weight excluding hydrogens is 475 g/mol. The molecule has 8 nitrogen and oxygen atoms in total. The molecule has 3 N–H and O–H groups in total. The number of benzene rings is 2. The van der Waals surface area contributed by atoms with Crippen molar-refractivity contribution < 1.29 is 19.2 Å². The van der Waals surface area contributed by atoms with E-state index in [0.717, 1.165) is 12.1 Å². The van der Waals surface area contributed by atoms with Crippen LogP contribution in [0.5, 0.6) is 0 Å². The highest BCUT2D eigenvalue weighted by molar-refractivity contribution is 8.00. The van der Waals surface area contributed by atoms with Gasteiger partial charge in [-0.05, 0) is 48.9 Å². The number of nitrogens with zero attached hydrogens (tertiary/aromatic N) is 1. The van der Waals surface area contributed by atoms with Gasteiger partial charge in [0.2, 0.25) is 11.8 Å². The van der Waals surface area contributed by atoms with Crippen molar-refractivity contribution in [2.24, 2.45) is 0 Å². The molecule has 32 heavy (non-hydrogen) atoms. The maximum absolute atomic E-state index is 12.2. The van der Waals surface area contributed by atoms with Gasteiger partial charge in [0.05, 0.1) is 17.3 Å². The minimum absolute atomic E-state index is 0.0125. The van der Waals surface area contributed by atoms with Crippen molar-refractivity contribution >= 4 is 64.3 Å². The number of hydrazine groups is 1. The van der Waals surface area contributed by atoms with Crippen LogP contribution in [0.4, 0.5) is 5.69 Å². The van der Waals surface area contributed by atoms with Crippen LogP contribution in [-0.4, -0.2) is 42.5 Å². The SMILES string of the molecule is O=C(CNC(=O)c1ccc(N2CCCC2=O)cc1)NNC(=O)CSc1cc(Cl)ccc1Cl. The summed E-state index contributed by atoms with van der Waals surface area (Å²) in [6, 6.07) is 11.5. The minimum Gasteiger partial charge on any atom is -0.343 e. The van der Waals surface area contributed by atoms with Gasteiger partial charge in [-0.2, -0.15) is 0 Å². The first-order chi connectivity index (χ1) is 15.3. The van der Waals surface area contributed by atoms with E-state index >= 15 is 0 Å². The second-order valence-electron chi connectivity index (χ2n) is 6.84. The fourth-order valence-corrected chi connectivity index (χ4v) is 4.22. The highest BCUT2D eigenvalue weighted by Gasteiger charge is 2.21. The van der Waals surface area contributed by atoms with Gasteiger partial charge in [-0.25, -0.2) is 0 Å². The second kappa shape index (κ2) is 11.2. The van der Waals surface area contributed by atoms with E-state index in [9.17, 15) is 19.2 Å². The molecule has 2 aromatic carbocycles. The highest BCUT2D eigenvalue weighted by Crippen LogP contribution is 2.29. The van der Waals surface area contributed by atoms with Crippen molar-refractivity contribution in [2.75, 3.05) is 23.7 Å². The van der Waals surface area contributed by atoms with E-state index in [4.69, 9.17) is 23.2 Å². The summed E-state index contributed by atoms with van der Waals surface area (Å²) >= 11 is 13.1. The van der Waals surface area contributed by atoms with Crippen LogP contribution in [0.2, 0.25) is 10.0 Å². The second-order valence-corrected chi connectivity index (χ2v) is 8.70. The van der Waals surface area contributed by atoms with Crippen LogP contribution >= 0.6 is 35.0 Å². The lowest BCUT2D eigenvalue weighted by molar-refractivity contribution is -0.127. The Bertz CT molecular complexity index is 1030. The van der Waals surface area contributed by atoms with Gasteiger partial charge in [-0.15, -0.1) is 11.8 Å². The van der Waals surface area contributed by atoms with Crippen molar-refractivity contribution in [3.63, 3.8) is 0 Å². The number of rotatable bonds is 7. The lowest BCUT2D eigenvalue weighted by Gasteiger charge is -2.15. The Balaban J connectivity index is 1.38. The van der Waals surface area contributed by atoms with Gasteiger partial charge >= 0.3 is 0 Å². The van der Waals surface area contributed by atoms with E-state index in [-0.39, 0.29) is 18.2 Å². The number of nitrogens with one attached hydrogen (secondary N) is 3. The zero-order valence-corrected chi connectivity index (χ0v) is 19.1. The van der Waals surface area contributed by atoms with Gasteiger partial charge in [0.1, 0.15) is 0 Å². The van der Waals surface area contributed by atoms with Crippen molar-refractivity contribution in [3.8, 4) is 0 Å². The number of carbonyl (C=O) groups is 4. The van der Waals surface area contributed by atoms with Gasteiger partial charge in [0.15, 0.2) is 0 Å². The standard InChI is InChI=1S/C21H20Cl2N4O4S/c22-14-5-8-16(23)17(10-14)32-12-19(29)26-25-18(28)11-24-21(31)13-3-6-15(7-4-13)27-9-1-2-20(27)30/h3-8,10H,1-2,9,11-12H2,(H,24,31)(H,25,28)(H,26,29). The number of carbonyl (C=O) groups excluding carboxylic acids is 4. The van der Waals surface area contributed by atoms with Crippen molar-refractivity contribution in [2.45, 2.75) is 17.7 Å². The van der Waals surface area contributed by atoms with E-state index in [2.05, 4.69) is 16.2 Å². The Hall–Kier alpha value is -2.75. The molecule has 0 atom stereocenters. The Kier molecular flexibility index (Phi) is 8.38. The summed E-state index contributed by atoms with van der Waals surface area (Å²) in [6.07, 6.45) is 1.35. The number of amides is 4. The predicted molar refractivity (Wildman–Crippen MR) is 124 cm³/mol. The van der Waals surface area contributed by atoms with Gasteiger partial charge in [0, 0.05) is 34.1 Å². The zero-order chi connectivity index (χ0) is 23.1. The molecular formula is C21H20Cl2N4O4S. The van der Waals surface area contributed by atoms with E-state index in [1.165, 1.54) is 11.8 Å². The molecule has 1 saturated heterocycles. The maximum Gasteiger partial charge on any atom is 0.257 e. The molecule has 168 valence electrons. The summed E-state index contributed by atoms with van der Waals surface area (Å²) < 4.78 is 0. The monoisotopic (exact) mass is 494 g/mol. The summed E-state index contributed by atoms with van der Waals surface area (Å²) in [6.45, 7) is 0.347. The maximum atomic E-state index is 12.2. The normalized spacial score (nSPS) is 13.1. The average Bonchev–Trinajstić information content (AvgIpc) is 3.22. The largest absolute Gasteiger partial charge is 0.343 e. The van der Waals surface area contributed by atoms with Gasteiger partial charge < -0.3 is 10.2 Å². The fourth-order valence-electron chi connectivity index (χ4n) is 2.93. The lowest BCUT2D eigenvalue weighted by atomic mass is 10.2. The third-order valence-corrected chi connectivity index (χ3v) is 6.25. The summed E-state index contributed by atoms with van der Waals surface area (Å²) in [5.74, 6) is -1.40. The number of anilines is 1. The molecule has 1 aliphatic heterocycles. The Morgan fingerprint density at radius 3 is 2.41 bits per heavy atom. The highest BCUT2D eigenvalue weighted by atomic mass is 35.5. The topological polar surface area (TPSA) is 108 Å². The van der Waals surface area contributed by atoms with E-state index < -0.39 is 17.7 Å². The first kappa shape index (κ1) is 23.9. The molecule has 2 aromatic rings. The van der Waals surface area contributed by atoms with Crippen LogP contribution in [0.3, 0.4) is 0 Å². The zero-order valence-electron chi connectivity index (χ0n) is 16.8. The summed E-state index contributed by atoms with van der Waals surface area (Å²) in [5.41, 5.74) is 5.59. The summed E-state index contributed by atoms with van der Waals surface area (Å²) in [4.78, 5) is 50.1. The molecule has 1 heterocycles. The first-order valence-corrected chi connectivity index (χ1v) is 11.4. The van der Waals surface area contributed by atoms with Crippen molar-refractivity contribution in [1.29, 1.82) is 0 Å². The fraction of sp³-hybridized carbons (Fsp3) is 0.238. The molecule has 4 amide bonds. The lowest BCUT2D eigenvalue weighted by Crippen LogP contribution is -2.46. The molecule has 0 aliphatic carbocycles. The van der Waals surface area contributed by atoms with Crippen LogP contribution in [0.1, 0.15) is 23.2 Å². The smallest absolute Gasteiger partial charge is 0.257 e.